The highest BCUT2D eigenvalue weighted by Crippen LogP contribution is 2.33. The van der Waals surface area contributed by atoms with Crippen LogP contribution >= 0.6 is 11.8 Å². The summed E-state index contributed by atoms with van der Waals surface area (Å²) in [6, 6.07) is 6.93. The van der Waals surface area contributed by atoms with E-state index in [4.69, 9.17) is 9.84 Å². The summed E-state index contributed by atoms with van der Waals surface area (Å²) in [6.07, 6.45) is 1.21. The molecule has 1 aromatic rings. The second-order valence-corrected chi connectivity index (χ2v) is 7.49. The highest BCUT2D eigenvalue weighted by Gasteiger charge is 2.21. The van der Waals surface area contributed by atoms with Gasteiger partial charge >= 0.3 is 11.9 Å². The summed E-state index contributed by atoms with van der Waals surface area (Å²) in [6.45, 7) is 6.54. The molecule has 134 valence electrons. The van der Waals surface area contributed by atoms with Crippen molar-refractivity contribution < 1.29 is 19.4 Å². The molecule has 0 aromatic heterocycles. The van der Waals surface area contributed by atoms with E-state index in [1.165, 1.54) is 0 Å². The van der Waals surface area contributed by atoms with Crippen LogP contribution in [0.25, 0.3) is 0 Å². The van der Waals surface area contributed by atoms with E-state index in [0.717, 1.165) is 17.7 Å². The summed E-state index contributed by atoms with van der Waals surface area (Å²) in [4.78, 5) is 22.1. The number of esters is 1. The molecule has 1 aromatic carbocycles. The zero-order valence-corrected chi connectivity index (χ0v) is 15.6. The molecule has 2 N–H and O–H groups in total. The Morgan fingerprint density at radius 2 is 1.92 bits per heavy atom. The third-order valence-corrected chi connectivity index (χ3v) is 5.48. The van der Waals surface area contributed by atoms with Gasteiger partial charge in [-0.3, -0.25) is 4.79 Å². The molecule has 0 radical (unpaired) electrons. The van der Waals surface area contributed by atoms with Crippen molar-refractivity contribution in [3.8, 4) is 0 Å². The molecule has 0 bridgehead atoms. The van der Waals surface area contributed by atoms with Gasteiger partial charge < -0.3 is 15.2 Å². The Morgan fingerprint density at radius 3 is 2.42 bits per heavy atom. The highest BCUT2D eigenvalue weighted by molar-refractivity contribution is 7.99. The SMILES string of the molecule is CCC(=O)OCCC(C)(C)CSC(NC)c1ccc(C(=O)O)cc1. The number of ether oxygens (including phenoxy) is 1. The van der Waals surface area contributed by atoms with Crippen LogP contribution in [0.15, 0.2) is 24.3 Å². The van der Waals surface area contributed by atoms with Gasteiger partial charge in [-0.25, -0.2) is 4.79 Å². The Morgan fingerprint density at radius 1 is 1.29 bits per heavy atom. The van der Waals surface area contributed by atoms with Crippen LogP contribution in [0, 0.1) is 5.41 Å². The van der Waals surface area contributed by atoms with Gasteiger partial charge in [-0.15, -0.1) is 11.8 Å². The minimum atomic E-state index is -0.919. The lowest BCUT2D eigenvalue weighted by Gasteiger charge is -2.27. The highest BCUT2D eigenvalue weighted by atomic mass is 32.2. The first-order chi connectivity index (χ1) is 11.3. The van der Waals surface area contributed by atoms with Crippen LogP contribution in [0.2, 0.25) is 0 Å². The van der Waals surface area contributed by atoms with Crippen molar-refractivity contribution in [2.45, 2.75) is 39.0 Å². The molecule has 0 saturated carbocycles. The molecular formula is C18H27NO4S. The summed E-state index contributed by atoms with van der Waals surface area (Å²) in [7, 11) is 1.89. The third-order valence-electron chi connectivity index (χ3n) is 3.69. The quantitative estimate of drug-likeness (QED) is 0.493. The molecule has 0 spiro atoms. The van der Waals surface area contributed by atoms with Crippen LogP contribution in [-0.4, -0.2) is 36.5 Å². The third kappa shape index (κ3) is 6.93. The fourth-order valence-corrected chi connectivity index (χ4v) is 3.35. The number of benzene rings is 1. The van der Waals surface area contributed by atoms with Crippen LogP contribution in [-0.2, 0) is 9.53 Å². The lowest BCUT2D eigenvalue weighted by atomic mass is 9.92. The van der Waals surface area contributed by atoms with Gasteiger partial charge in [-0.2, -0.15) is 0 Å². The summed E-state index contributed by atoms with van der Waals surface area (Å²) in [5, 5.41) is 12.3. The number of thioether (sulfide) groups is 1. The van der Waals surface area contributed by atoms with E-state index >= 15 is 0 Å². The summed E-state index contributed by atoms with van der Waals surface area (Å²) >= 11 is 1.76. The van der Waals surface area contributed by atoms with Crippen LogP contribution < -0.4 is 5.32 Å². The molecule has 0 aliphatic rings. The van der Waals surface area contributed by atoms with Crippen LogP contribution in [0.3, 0.4) is 0 Å². The van der Waals surface area contributed by atoms with Crippen LogP contribution in [0.5, 0.6) is 0 Å². The number of carboxylic acids is 1. The fraction of sp³-hybridized carbons (Fsp3) is 0.556. The van der Waals surface area contributed by atoms with Crippen molar-refractivity contribution in [3.63, 3.8) is 0 Å². The maximum absolute atomic E-state index is 11.2. The van der Waals surface area contributed by atoms with Gasteiger partial charge in [0.15, 0.2) is 0 Å². The Balaban J connectivity index is 2.55. The number of hydrogen-bond donors (Lipinski definition) is 2. The van der Waals surface area contributed by atoms with Gasteiger partial charge in [0, 0.05) is 12.2 Å². The van der Waals surface area contributed by atoms with E-state index in [-0.39, 0.29) is 22.3 Å². The maximum Gasteiger partial charge on any atom is 0.335 e. The summed E-state index contributed by atoms with van der Waals surface area (Å²) in [5.74, 6) is -0.189. The van der Waals surface area contributed by atoms with E-state index < -0.39 is 5.97 Å². The van der Waals surface area contributed by atoms with Crippen LogP contribution in [0.1, 0.15) is 54.9 Å². The molecule has 1 unspecified atom stereocenters. The standard InChI is InChI=1S/C18H27NO4S/c1-5-15(20)23-11-10-18(2,3)12-24-16(19-4)13-6-8-14(9-7-13)17(21)22/h6-9,16,19H,5,10-12H2,1-4H3,(H,21,22). The minimum absolute atomic E-state index is 0.0365. The van der Waals surface area contributed by atoms with Crippen molar-refractivity contribution >= 4 is 23.7 Å². The van der Waals surface area contributed by atoms with Gasteiger partial charge in [-0.05, 0) is 36.6 Å². The molecular weight excluding hydrogens is 326 g/mol. The van der Waals surface area contributed by atoms with E-state index in [1.807, 2.05) is 19.2 Å². The van der Waals surface area contributed by atoms with Gasteiger partial charge in [-0.1, -0.05) is 32.9 Å². The zero-order chi connectivity index (χ0) is 18.2. The van der Waals surface area contributed by atoms with E-state index in [0.29, 0.717) is 13.0 Å². The molecule has 0 amide bonds. The molecule has 0 fully saturated rings. The molecule has 5 nitrogen and oxygen atoms in total. The first-order valence-corrected chi connectivity index (χ1v) is 9.11. The van der Waals surface area contributed by atoms with Gasteiger partial charge in [0.05, 0.1) is 17.5 Å². The lowest BCUT2D eigenvalue weighted by molar-refractivity contribution is -0.143. The molecule has 0 saturated heterocycles. The second-order valence-electron chi connectivity index (χ2n) is 6.40. The number of carboxylic acid groups (broad SMARTS) is 1. The van der Waals surface area contributed by atoms with E-state index in [2.05, 4.69) is 19.2 Å². The number of rotatable bonds is 10. The normalized spacial score (nSPS) is 12.7. The summed E-state index contributed by atoms with van der Waals surface area (Å²) in [5.41, 5.74) is 1.37. The predicted molar refractivity (Wildman–Crippen MR) is 97.3 cm³/mol. The van der Waals surface area contributed by atoms with Crippen molar-refractivity contribution in [3.05, 3.63) is 35.4 Å². The maximum atomic E-state index is 11.2. The van der Waals surface area contributed by atoms with E-state index in [1.54, 1.807) is 30.8 Å². The van der Waals surface area contributed by atoms with Gasteiger partial charge in [0.1, 0.15) is 0 Å². The first-order valence-electron chi connectivity index (χ1n) is 8.07. The molecule has 0 aliphatic heterocycles. The van der Waals surface area contributed by atoms with Crippen molar-refractivity contribution in [1.29, 1.82) is 0 Å². The van der Waals surface area contributed by atoms with Crippen molar-refractivity contribution in [2.24, 2.45) is 5.41 Å². The Hall–Kier alpha value is -1.53. The fourth-order valence-electron chi connectivity index (χ4n) is 2.07. The lowest BCUT2D eigenvalue weighted by Crippen LogP contribution is -2.22. The number of carbonyl (C=O) groups is 2. The molecule has 6 heteroatoms. The summed E-state index contributed by atoms with van der Waals surface area (Å²) < 4.78 is 5.16. The average Bonchev–Trinajstić information content (AvgIpc) is 2.55. The average molecular weight is 353 g/mol. The Bertz CT molecular complexity index is 542. The number of hydrogen-bond acceptors (Lipinski definition) is 5. The van der Waals surface area contributed by atoms with Gasteiger partial charge in [0.2, 0.25) is 0 Å². The van der Waals surface area contributed by atoms with Gasteiger partial charge in [0.25, 0.3) is 0 Å². The van der Waals surface area contributed by atoms with E-state index in [9.17, 15) is 9.59 Å². The molecule has 0 aliphatic carbocycles. The molecule has 1 rings (SSSR count). The zero-order valence-electron chi connectivity index (χ0n) is 14.8. The monoisotopic (exact) mass is 353 g/mol. The van der Waals surface area contributed by atoms with Crippen molar-refractivity contribution in [2.75, 3.05) is 19.4 Å². The minimum Gasteiger partial charge on any atom is -0.478 e. The number of carbonyl (C=O) groups excluding carboxylic acids is 1. The number of nitrogens with one attached hydrogen (secondary N) is 1. The molecule has 0 heterocycles. The Labute approximate surface area is 148 Å². The second kappa shape index (κ2) is 9.69. The predicted octanol–water partition coefficient (Wildman–Crippen LogP) is 3.71. The largest absolute Gasteiger partial charge is 0.478 e. The first kappa shape index (κ1) is 20.5. The molecule has 24 heavy (non-hydrogen) atoms. The van der Waals surface area contributed by atoms with Crippen molar-refractivity contribution in [1.82, 2.24) is 5.32 Å². The van der Waals surface area contributed by atoms with Crippen LogP contribution in [0.4, 0.5) is 0 Å². The topological polar surface area (TPSA) is 75.6 Å². The smallest absolute Gasteiger partial charge is 0.335 e. The number of aromatic carboxylic acids is 1. The Kier molecular flexibility index (Phi) is 8.28. The molecule has 1 atom stereocenters.